The van der Waals surface area contributed by atoms with Crippen LogP contribution in [0, 0.1) is 3.57 Å². The molecule has 0 saturated heterocycles. The molecule has 0 atom stereocenters. The zero-order valence-corrected chi connectivity index (χ0v) is 8.96. The van der Waals surface area contributed by atoms with Crippen LogP contribution in [0.25, 0.3) is 5.83 Å². The highest BCUT2D eigenvalue weighted by molar-refractivity contribution is 14.1. The molecular weight excluding hydrogens is 305 g/mol. The fourth-order valence-electron chi connectivity index (χ4n) is 0.817. The van der Waals surface area contributed by atoms with Crippen molar-refractivity contribution in [2.75, 3.05) is 0 Å². The molecule has 1 aromatic rings. The first kappa shape index (κ1) is 11.1. The lowest BCUT2D eigenvalue weighted by Crippen LogP contribution is -1.97. The maximum atomic E-state index is 13.0. The van der Waals surface area contributed by atoms with Crippen LogP contribution in [-0.4, -0.2) is 11.1 Å². The van der Waals surface area contributed by atoms with Crippen molar-refractivity contribution in [3.63, 3.8) is 0 Å². The number of aliphatic carboxylic acids is 1. The molecule has 14 heavy (non-hydrogen) atoms. The van der Waals surface area contributed by atoms with E-state index in [2.05, 4.69) is 0 Å². The fraction of sp³-hybridized carbons (Fsp3) is 0. The number of hydrogen-bond donors (Lipinski definition) is 1. The topological polar surface area (TPSA) is 37.3 Å². The predicted molar refractivity (Wildman–Crippen MR) is 55.9 cm³/mol. The zero-order chi connectivity index (χ0) is 10.7. The molecule has 0 aromatic heterocycles. The second-order valence-electron chi connectivity index (χ2n) is 2.44. The Labute approximate surface area is 92.4 Å². The normalized spacial score (nSPS) is 12.2. The smallest absolute Gasteiger partial charge is 0.367 e. The van der Waals surface area contributed by atoms with Crippen molar-refractivity contribution < 1.29 is 18.7 Å². The highest BCUT2D eigenvalue weighted by Crippen LogP contribution is 2.22. The molecule has 0 unspecified atom stereocenters. The molecule has 1 rings (SSSR count). The second-order valence-corrected chi connectivity index (χ2v) is 3.69. The van der Waals surface area contributed by atoms with Gasteiger partial charge in [-0.2, -0.15) is 4.39 Å². The third-order valence-corrected chi connectivity index (χ3v) is 2.20. The molecule has 0 bridgehead atoms. The van der Waals surface area contributed by atoms with E-state index in [1.807, 2.05) is 22.6 Å². The summed E-state index contributed by atoms with van der Waals surface area (Å²) in [5.74, 6) is -5.03. The van der Waals surface area contributed by atoms with Crippen LogP contribution in [0.5, 0.6) is 0 Å². The number of benzene rings is 1. The summed E-state index contributed by atoms with van der Waals surface area (Å²) in [6, 6.07) is 5.76. The molecule has 2 nitrogen and oxygen atoms in total. The van der Waals surface area contributed by atoms with E-state index >= 15 is 0 Å². The number of rotatable bonds is 2. The van der Waals surface area contributed by atoms with Gasteiger partial charge in [-0.15, -0.1) is 0 Å². The molecule has 0 amide bonds. The Morgan fingerprint density at radius 2 is 1.71 bits per heavy atom. The highest BCUT2D eigenvalue weighted by Gasteiger charge is 2.15. The third-order valence-electron chi connectivity index (χ3n) is 1.48. The summed E-state index contributed by atoms with van der Waals surface area (Å²) in [6.07, 6.45) is 0. The monoisotopic (exact) mass is 310 g/mol. The van der Waals surface area contributed by atoms with E-state index in [-0.39, 0.29) is 5.56 Å². The summed E-state index contributed by atoms with van der Waals surface area (Å²) in [6.45, 7) is 0. The largest absolute Gasteiger partial charge is 0.476 e. The predicted octanol–water partition coefficient (Wildman–Crippen LogP) is 2.98. The lowest BCUT2D eigenvalue weighted by Gasteiger charge is -1.98. The van der Waals surface area contributed by atoms with Crippen molar-refractivity contribution in [2.45, 2.75) is 0 Å². The third kappa shape index (κ3) is 2.50. The van der Waals surface area contributed by atoms with Gasteiger partial charge >= 0.3 is 5.97 Å². The van der Waals surface area contributed by atoms with Crippen LogP contribution in [0.2, 0.25) is 0 Å². The molecule has 0 radical (unpaired) electrons. The number of hydrogen-bond acceptors (Lipinski definition) is 1. The van der Waals surface area contributed by atoms with Gasteiger partial charge < -0.3 is 5.11 Å². The first-order valence-corrected chi connectivity index (χ1v) is 4.64. The Bertz CT molecular complexity index is 384. The molecule has 0 heterocycles. The molecule has 1 aromatic carbocycles. The van der Waals surface area contributed by atoms with Crippen LogP contribution in [-0.2, 0) is 4.79 Å². The first-order valence-electron chi connectivity index (χ1n) is 3.57. The van der Waals surface area contributed by atoms with Gasteiger partial charge in [0.25, 0.3) is 0 Å². The van der Waals surface area contributed by atoms with Crippen molar-refractivity contribution in [2.24, 2.45) is 0 Å². The van der Waals surface area contributed by atoms with Gasteiger partial charge in [-0.25, -0.2) is 9.18 Å². The van der Waals surface area contributed by atoms with Crippen molar-refractivity contribution in [1.82, 2.24) is 0 Å². The summed E-state index contributed by atoms with van der Waals surface area (Å²) in [5, 5.41) is 8.19. The summed E-state index contributed by atoms with van der Waals surface area (Å²) in [4.78, 5) is 10.1. The fourth-order valence-corrected chi connectivity index (χ4v) is 1.18. The molecule has 5 heteroatoms. The van der Waals surface area contributed by atoms with Gasteiger partial charge in [-0.1, -0.05) is 12.1 Å². The summed E-state index contributed by atoms with van der Waals surface area (Å²) < 4.78 is 26.5. The SMILES string of the molecule is O=C(O)/C(F)=C(\F)c1ccc(I)cc1. The molecule has 0 fully saturated rings. The maximum Gasteiger partial charge on any atom is 0.367 e. The Kier molecular flexibility index (Phi) is 3.56. The number of carboxylic acids is 1. The molecule has 74 valence electrons. The molecular formula is C9H5F2IO2. The van der Waals surface area contributed by atoms with Crippen LogP contribution in [0.15, 0.2) is 30.1 Å². The minimum atomic E-state index is -1.90. The van der Waals surface area contributed by atoms with Gasteiger partial charge in [-0.3, -0.25) is 0 Å². The van der Waals surface area contributed by atoms with Crippen LogP contribution >= 0.6 is 22.6 Å². The maximum absolute atomic E-state index is 13.0. The Balaban J connectivity index is 3.12. The molecule has 0 saturated carbocycles. The second kappa shape index (κ2) is 4.50. The summed E-state index contributed by atoms with van der Waals surface area (Å²) in [7, 11) is 0. The van der Waals surface area contributed by atoms with Crippen molar-refractivity contribution in [1.29, 1.82) is 0 Å². The average Bonchev–Trinajstić information content (AvgIpc) is 2.16. The Morgan fingerprint density at radius 3 is 2.14 bits per heavy atom. The minimum absolute atomic E-state index is 0.0784. The van der Waals surface area contributed by atoms with Crippen molar-refractivity contribution in [3.8, 4) is 0 Å². The first-order chi connectivity index (χ1) is 6.52. The van der Waals surface area contributed by atoms with E-state index in [0.29, 0.717) is 0 Å². The molecule has 0 spiro atoms. The Hall–Kier alpha value is -0.980. The van der Waals surface area contributed by atoms with E-state index in [0.717, 1.165) is 3.57 Å². The summed E-state index contributed by atoms with van der Waals surface area (Å²) in [5.41, 5.74) is -0.0784. The standard InChI is InChI=1S/C9H5F2IO2/c10-7(8(11)9(13)14)5-1-3-6(12)4-2-5/h1-4H,(H,13,14)/b8-7+. The van der Waals surface area contributed by atoms with Crippen LogP contribution < -0.4 is 0 Å². The molecule has 0 aliphatic rings. The van der Waals surface area contributed by atoms with Crippen LogP contribution in [0.3, 0.4) is 0 Å². The van der Waals surface area contributed by atoms with Gasteiger partial charge in [-0.05, 0) is 34.7 Å². The van der Waals surface area contributed by atoms with Gasteiger partial charge in [0.1, 0.15) is 0 Å². The van der Waals surface area contributed by atoms with E-state index in [9.17, 15) is 13.6 Å². The molecule has 0 aliphatic heterocycles. The zero-order valence-electron chi connectivity index (χ0n) is 6.80. The van der Waals surface area contributed by atoms with Gasteiger partial charge in [0.2, 0.25) is 5.83 Å². The van der Waals surface area contributed by atoms with E-state index < -0.39 is 17.6 Å². The lowest BCUT2D eigenvalue weighted by atomic mass is 10.2. The number of carboxylic acid groups (broad SMARTS) is 1. The Morgan fingerprint density at radius 1 is 1.21 bits per heavy atom. The highest BCUT2D eigenvalue weighted by atomic mass is 127. The van der Waals surface area contributed by atoms with Crippen molar-refractivity contribution in [3.05, 3.63) is 39.2 Å². The molecule has 1 N–H and O–H groups in total. The minimum Gasteiger partial charge on any atom is -0.476 e. The van der Waals surface area contributed by atoms with Crippen LogP contribution in [0.4, 0.5) is 8.78 Å². The lowest BCUT2D eigenvalue weighted by molar-refractivity contribution is -0.134. The van der Waals surface area contributed by atoms with E-state index in [4.69, 9.17) is 5.11 Å². The van der Waals surface area contributed by atoms with E-state index in [1.54, 1.807) is 12.1 Å². The number of halogens is 3. The van der Waals surface area contributed by atoms with Gasteiger partial charge in [0, 0.05) is 9.13 Å². The van der Waals surface area contributed by atoms with Crippen LogP contribution in [0.1, 0.15) is 5.56 Å². The van der Waals surface area contributed by atoms with E-state index in [1.165, 1.54) is 12.1 Å². The van der Waals surface area contributed by atoms with Gasteiger partial charge in [0.05, 0.1) is 0 Å². The van der Waals surface area contributed by atoms with Crippen molar-refractivity contribution >= 4 is 34.4 Å². The molecule has 0 aliphatic carbocycles. The van der Waals surface area contributed by atoms with Gasteiger partial charge in [0.15, 0.2) is 5.83 Å². The average molecular weight is 310 g/mol. The quantitative estimate of drug-likeness (QED) is 0.673. The number of carbonyl (C=O) groups is 1. The summed E-state index contributed by atoms with van der Waals surface area (Å²) >= 11 is 2.00.